The van der Waals surface area contributed by atoms with Crippen LogP contribution in [0.15, 0.2) is 74.6 Å². The van der Waals surface area contributed by atoms with Crippen molar-refractivity contribution in [2.45, 2.75) is 60.3 Å². The Bertz CT molecular complexity index is 1210. The summed E-state index contributed by atoms with van der Waals surface area (Å²) in [5.74, 6) is 0.594. The van der Waals surface area contributed by atoms with Crippen LogP contribution in [-0.2, 0) is 23.8 Å². The fourth-order valence-corrected chi connectivity index (χ4v) is 24.9. The molecule has 4 rings (SSSR count). The van der Waals surface area contributed by atoms with Crippen molar-refractivity contribution in [2.75, 3.05) is 0 Å². The summed E-state index contributed by atoms with van der Waals surface area (Å²) < 4.78 is 7.79. The van der Waals surface area contributed by atoms with Crippen molar-refractivity contribution >= 4 is 37.3 Å². The summed E-state index contributed by atoms with van der Waals surface area (Å²) in [6, 6.07) is 18.6. The van der Waals surface area contributed by atoms with E-state index in [1.54, 1.807) is 22.3 Å². The molecule has 0 N–H and O–H groups in total. The molecule has 0 bridgehead atoms. The van der Waals surface area contributed by atoms with Gasteiger partial charge in [0, 0.05) is 0 Å². The summed E-state index contributed by atoms with van der Waals surface area (Å²) in [5.41, 5.74) is 12.0. The maximum Gasteiger partial charge on any atom is -0.147 e. The summed E-state index contributed by atoms with van der Waals surface area (Å²) in [7, 11) is 0. The molecule has 0 aliphatic heterocycles. The van der Waals surface area contributed by atoms with Gasteiger partial charge < -0.3 is 0 Å². The van der Waals surface area contributed by atoms with Gasteiger partial charge in [0.05, 0.1) is 0 Å². The van der Waals surface area contributed by atoms with Crippen molar-refractivity contribution in [3.8, 4) is 0 Å². The number of halogens is 2. The monoisotopic (exact) mass is 576 g/mol. The molecule has 4 heteroatoms. The van der Waals surface area contributed by atoms with Gasteiger partial charge >= 0.3 is 193 Å². The van der Waals surface area contributed by atoms with Crippen molar-refractivity contribution in [3.63, 3.8) is 0 Å². The molecule has 2 unspecified atom stereocenters. The molecule has 33 heavy (non-hydrogen) atoms. The van der Waals surface area contributed by atoms with E-state index in [9.17, 15) is 0 Å². The van der Waals surface area contributed by atoms with E-state index in [-0.39, 0.29) is 24.8 Å². The number of fused-ring (bicyclic) bond motifs is 1. The zero-order valence-corrected chi connectivity index (χ0v) is 26.8. The molecule has 0 radical (unpaired) electrons. The Hall–Kier alpha value is -0.660. The van der Waals surface area contributed by atoms with Gasteiger partial charge in [-0.2, -0.15) is 0 Å². The maximum atomic E-state index is 2.70. The molecule has 2 aromatic carbocycles. The van der Waals surface area contributed by atoms with Crippen LogP contribution < -0.4 is 0 Å². The summed E-state index contributed by atoms with van der Waals surface area (Å²) in [5, 5.41) is 0. The first-order valence-corrected chi connectivity index (χ1v) is 25.4. The fourth-order valence-electron chi connectivity index (χ4n) is 6.38. The Morgan fingerprint density at radius 2 is 1.48 bits per heavy atom. The average molecular weight is 579 g/mol. The summed E-state index contributed by atoms with van der Waals surface area (Å²) in [6.45, 7) is 14.2. The molecule has 0 saturated heterocycles. The number of benzene rings is 2. The van der Waals surface area contributed by atoms with Crippen molar-refractivity contribution in [2.24, 2.45) is 5.92 Å². The number of hydrogen-bond acceptors (Lipinski definition) is 0. The second-order valence-electron chi connectivity index (χ2n) is 11.0. The smallest absolute Gasteiger partial charge is 0.147 e. The minimum Gasteiger partial charge on any atom is -0.147 e. The standard InChI is InChI=1S/C18H17.C9H13.2CH3.2ClH.H2Si.Zr/c1-2-5-14-8-10-16(11-9-14)18-13-12-15-6-3-4-7-17(15)18;1-6-5-7(2)9(4)8(6)3;;;;;;/h3-4,6-13H,2,5H2,1H3;6H,1-4H3;2*1H3;2*1H;1H2;. The van der Waals surface area contributed by atoms with E-state index in [1.165, 1.54) is 28.7 Å². The Morgan fingerprint density at radius 1 is 0.879 bits per heavy atom. The van der Waals surface area contributed by atoms with Gasteiger partial charge in [0.15, 0.2) is 0 Å². The predicted octanol–water partition coefficient (Wildman–Crippen LogP) is 8.56. The third kappa shape index (κ3) is 4.75. The van der Waals surface area contributed by atoms with E-state index in [4.69, 9.17) is 0 Å². The molecular weight excluding hydrogens is 539 g/mol. The van der Waals surface area contributed by atoms with Crippen LogP contribution >= 0.6 is 24.8 Å². The molecule has 0 heterocycles. The predicted molar refractivity (Wildman–Crippen MR) is 152 cm³/mol. The van der Waals surface area contributed by atoms with Crippen molar-refractivity contribution in [1.29, 1.82) is 0 Å². The number of hydrogen-bond donors (Lipinski definition) is 0. The van der Waals surface area contributed by atoms with Gasteiger partial charge in [-0.1, -0.05) is 0 Å². The van der Waals surface area contributed by atoms with Gasteiger partial charge in [0.25, 0.3) is 0 Å². The topological polar surface area (TPSA) is 0 Å². The molecule has 0 spiro atoms. The second-order valence-corrected chi connectivity index (χ2v) is 40.5. The van der Waals surface area contributed by atoms with Gasteiger partial charge in [0.2, 0.25) is 0 Å². The first-order chi connectivity index (χ1) is 14.5. The Labute approximate surface area is 216 Å². The van der Waals surface area contributed by atoms with E-state index in [0.717, 1.165) is 6.42 Å². The van der Waals surface area contributed by atoms with E-state index in [0.29, 0.717) is 9.54 Å². The van der Waals surface area contributed by atoms with Gasteiger partial charge in [-0.3, -0.25) is 0 Å². The SMILES string of the molecule is CCCc1ccc(C2=C[CH]([Zr]([CH3])([CH3])(=[SiH2])[C]3=C(C)C(C)=C(C)C3C)c3ccccc32)cc1.Cl.Cl. The average Bonchev–Trinajstić information content (AvgIpc) is 3.22. The minimum atomic E-state index is -3.32. The van der Waals surface area contributed by atoms with Crippen molar-refractivity contribution in [3.05, 3.63) is 96.9 Å². The van der Waals surface area contributed by atoms with Crippen LogP contribution in [0.5, 0.6) is 0 Å². The van der Waals surface area contributed by atoms with Gasteiger partial charge in [-0.25, -0.2) is 0 Å². The van der Waals surface area contributed by atoms with Gasteiger partial charge in [0.1, 0.15) is 0 Å². The zero-order valence-electron chi connectivity index (χ0n) is 21.3. The minimum absolute atomic E-state index is 0. The first-order valence-electron chi connectivity index (χ1n) is 11.9. The second kappa shape index (κ2) is 10.1. The van der Waals surface area contributed by atoms with Crippen LogP contribution in [0.1, 0.15) is 66.9 Å². The normalized spacial score (nSPS) is 20.3. The molecule has 0 saturated carbocycles. The van der Waals surface area contributed by atoms with Crippen LogP contribution in [0.4, 0.5) is 0 Å². The van der Waals surface area contributed by atoms with Crippen LogP contribution in [0.25, 0.3) is 5.57 Å². The number of rotatable bonds is 5. The molecule has 2 aliphatic rings. The van der Waals surface area contributed by atoms with Crippen molar-refractivity contribution < 1.29 is 17.4 Å². The molecule has 2 aromatic rings. The molecule has 0 nitrogen and oxygen atoms in total. The van der Waals surface area contributed by atoms with Gasteiger partial charge in [-0.15, -0.1) is 24.8 Å². The van der Waals surface area contributed by atoms with Crippen LogP contribution in [0, 0.1) is 5.92 Å². The quantitative estimate of drug-likeness (QED) is 0.312. The zero-order chi connectivity index (χ0) is 22.6. The summed E-state index contributed by atoms with van der Waals surface area (Å²) in [6.07, 6.45) is 5.02. The number of aryl methyl sites for hydroxylation is 1. The van der Waals surface area contributed by atoms with Gasteiger partial charge in [-0.05, 0) is 0 Å². The Balaban J connectivity index is 0.00000193. The van der Waals surface area contributed by atoms with Crippen LogP contribution in [0.3, 0.4) is 0 Å². The molecule has 0 amide bonds. The van der Waals surface area contributed by atoms with Crippen molar-refractivity contribution in [1.82, 2.24) is 0 Å². The Kier molecular flexibility index (Phi) is 8.78. The van der Waals surface area contributed by atoms with Crippen LogP contribution in [-0.4, -0.2) is 6.88 Å². The largest absolute Gasteiger partial charge is 0.147 e. The molecule has 178 valence electrons. The third-order valence-corrected chi connectivity index (χ3v) is 25.5. The maximum absolute atomic E-state index is 3.32. The fraction of sp³-hybridized carbons (Fsp3) is 0.379. The number of allylic oxidation sites excluding steroid dienone is 5. The summed E-state index contributed by atoms with van der Waals surface area (Å²) >= 11 is -3.32. The third-order valence-electron chi connectivity index (χ3n) is 8.25. The Morgan fingerprint density at radius 3 is 2.03 bits per heavy atom. The van der Waals surface area contributed by atoms with E-state index < -0.39 is 17.4 Å². The van der Waals surface area contributed by atoms with E-state index in [2.05, 4.69) is 105 Å². The molecule has 2 atom stereocenters. The van der Waals surface area contributed by atoms with E-state index in [1.807, 2.05) is 3.28 Å². The molecule has 0 fully saturated rings. The molecular formula is C29H40Cl2SiZr. The van der Waals surface area contributed by atoms with Crippen LogP contribution in [0.2, 0.25) is 9.26 Å². The van der Waals surface area contributed by atoms with E-state index >= 15 is 0 Å². The molecule has 2 aliphatic carbocycles. The summed E-state index contributed by atoms with van der Waals surface area (Å²) in [4.78, 5) is 0. The first kappa shape index (κ1) is 28.6. The molecule has 0 aromatic heterocycles.